The van der Waals surface area contributed by atoms with Crippen molar-refractivity contribution in [2.75, 3.05) is 26.2 Å². The Bertz CT molecular complexity index is 402. The number of ether oxygens (including phenoxy) is 1. The van der Waals surface area contributed by atoms with E-state index in [4.69, 9.17) is 10.5 Å². The summed E-state index contributed by atoms with van der Waals surface area (Å²) in [5.41, 5.74) is 5.99. The highest BCUT2D eigenvalue weighted by molar-refractivity contribution is 5.24. The summed E-state index contributed by atoms with van der Waals surface area (Å²) < 4.78 is 32.8. The smallest absolute Gasteiger partial charge is 0.128 e. The molecular weight excluding hydrogens is 238 g/mol. The summed E-state index contributed by atoms with van der Waals surface area (Å²) in [5.74, 6) is -0.854. The molecule has 2 atom stereocenters. The lowest BCUT2D eigenvalue weighted by molar-refractivity contribution is -0.0669. The van der Waals surface area contributed by atoms with Crippen LogP contribution in [0.3, 0.4) is 0 Å². The topological polar surface area (TPSA) is 38.5 Å². The van der Waals surface area contributed by atoms with Gasteiger partial charge in [0, 0.05) is 18.7 Å². The third-order valence-electron chi connectivity index (χ3n) is 3.37. The van der Waals surface area contributed by atoms with Crippen molar-refractivity contribution in [3.8, 4) is 0 Å². The van der Waals surface area contributed by atoms with Gasteiger partial charge in [-0.25, -0.2) is 8.78 Å². The summed E-state index contributed by atoms with van der Waals surface area (Å²) in [6, 6.07) is 3.20. The third-order valence-corrected chi connectivity index (χ3v) is 3.37. The minimum atomic E-state index is -0.441. The lowest BCUT2D eigenvalue weighted by Gasteiger charge is -2.40. The highest BCUT2D eigenvalue weighted by Crippen LogP contribution is 2.31. The Morgan fingerprint density at radius 2 is 2.22 bits per heavy atom. The molecule has 0 amide bonds. The van der Waals surface area contributed by atoms with Crippen molar-refractivity contribution in [1.82, 2.24) is 4.90 Å². The summed E-state index contributed by atoms with van der Waals surface area (Å²) in [6.45, 7) is 4.30. The molecule has 3 nitrogen and oxygen atoms in total. The number of hydrogen-bond acceptors (Lipinski definition) is 3. The standard InChI is InChI=1S/C13H18F2N2O/c1-2-17-5-6-18-12(8-16)13(17)10-7-9(14)3-4-11(10)15/h3-4,7,12-13H,2,5-6,8,16H2,1H3. The molecule has 2 unspecified atom stereocenters. The van der Waals surface area contributed by atoms with Crippen LogP contribution in [0.15, 0.2) is 18.2 Å². The number of hydrogen-bond donors (Lipinski definition) is 1. The van der Waals surface area contributed by atoms with Crippen LogP contribution in [0.5, 0.6) is 0 Å². The summed E-state index contributed by atoms with van der Waals surface area (Å²) in [6.07, 6.45) is -0.296. The highest BCUT2D eigenvalue weighted by Gasteiger charge is 2.33. The monoisotopic (exact) mass is 256 g/mol. The van der Waals surface area contributed by atoms with Gasteiger partial charge in [-0.05, 0) is 24.7 Å². The number of morpholine rings is 1. The van der Waals surface area contributed by atoms with Gasteiger partial charge in [0.25, 0.3) is 0 Å². The molecule has 2 N–H and O–H groups in total. The van der Waals surface area contributed by atoms with Crippen LogP contribution in [0.2, 0.25) is 0 Å². The second-order valence-electron chi connectivity index (χ2n) is 4.38. The molecule has 1 aliphatic rings. The first-order valence-electron chi connectivity index (χ1n) is 6.18. The van der Waals surface area contributed by atoms with E-state index in [9.17, 15) is 8.78 Å². The van der Waals surface area contributed by atoms with Crippen LogP contribution in [0.4, 0.5) is 8.78 Å². The van der Waals surface area contributed by atoms with E-state index in [0.29, 0.717) is 18.7 Å². The molecule has 2 rings (SSSR count). The Balaban J connectivity index is 2.38. The largest absolute Gasteiger partial charge is 0.374 e. The summed E-state index contributed by atoms with van der Waals surface area (Å²) in [5, 5.41) is 0. The lowest BCUT2D eigenvalue weighted by Crippen LogP contribution is -2.48. The van der Waals surface area contributed by atoms with E-state index in [1.54, 1.807) is 0 Å². The number of likely N-dealkylation sites (N-methyl/N-ethyl adjacent to an activating group) is 1. The molecule has 1 aromatic carbocycles. The van der Waals surface area contributed by atoms with E-state index in [2.05, 4.69) is 4.90 Å². The molecule has 1 aliphatic heterocycles. The van der Waals surface area contributed by atoms with Crippen molar-refractivity contribution < 1.29 is 13.5 Å². The molecule has 1 aromatic rings. The summed E-state index contributed by atoms with van der Waals surface area (Å²) in [7, 11) is 0. The van der Waals surface area contributed by atoms with E-state index in [-0.39, 0.29) is 18.7 Å². The van der Waals surface area contributed by atoms with Gasteiger partial charge in [0.2, 0.25) is 0 Å². The van der Waals surface area contributed by atoms with Crippen molar-refractivity contribution in [1.29, 1.82) is 0 Å². The molecular formula is C13H18F2N2O. The maximum absolute atomic E-state index is 13.9. The first-order chi connectivity index (χ1) is 8.67. The highest BCUT2D eigenvalue weighted by atomic mass is 19.1. The van der Waals surface area contributed by atoms with Crippen molar-refractivity contribution in [2.24, 2.45) is 5.73 Å². The van der Waals surface area contributed by atoms with Gasteiger partial charge in [0.05, 0.1) is 18.8 Å². The molecule has 0 saturated carbocycles. The van der Waals surface area contributed by atoms with Crippen LogP contribution in [-0.2, 0) is 4.74 Å². The zero-order chi connectivity index (χ0) is 13.1. The van der Waals surface area contributed by atoms with Crippen LogP contribution >= 0.6 is 0 Å². The van der Waals surface area contributed by atoms with Crippen molar-refractivity contribution >= 4 is 0 Å². The van der Waals surface area contributed by atoms with Crippen LogP contribution < -0.4 is 5.73 Å². The van der Waals surface area contributed by atoms with Gasteiger partial charge >= 0.3 is 0 Å². The van der Waals surface area contributed by atoms with Crippen LogP contribution in [-0.4, -0.2) is 37.2 Å². The molecule has 1 heterocycles. The van der Waals surface area contributed by atoms with Crippen LogP contribution in [0.1, 0.15) is 18.5 Å². The maximum atomic E-state index is 13.9. The van der Waals surface area contributed by atoms with Crippen LogP contribution in [0, 0.1) is 11.6 Å². The van der Waals surface area contributed by atoms with E-state index in [0.717, 1.165) is 18.7 Å². The first-order valence-corrected chi connectivity index (χ1v) is 6.18. The van der Waals surface area contributed by atoms with E-state index in [1.807, 2.05) is 6.92 Å². The molecule has 0 bridgehead atoms. The summed E-state index contributed by atoms with van der Waals surface area (Å²) >= 11 is 0. The van der Waals surface area contributed by atoms with Crippen LogP contribution in [0.25, 0.3) is 0 Å². The summed E-state index contributed by atoms with van der Waals surface area (Å²) in [4.78, 5) is 2.07. The first kappa shape index (κ1) is 13.4. The molecule has 18 heavy (non-hydrogen) atoms. The number of halogens is 2. The van der Waals surface area contributed by atoms with E-state index < -0.39 is 11.6 Å². The third kappa shape index (κ3) is 2.53. The molecule has 1 fully saturated rings. The van der Waals surface area contributed by atoms with Gasteiger partial charge < -0.3 is 10.5 Å². The second kappa shape index (κ2) is 5.73. The van der Waals surface area contributed by atoms with E-state index >= 15 is 0 Å². The van der Waals surface area contributed by atoms with Crippen molar-refractivity contribution in [3.05, 3.63) is 35.4 Å². The van der Waals surface area contributed by atoms with Crippen molar-refractivity contribution in [2.45, 2.75) is 19.1 Å². The van der Waals surface area contributed by atoms with Gasteiger partial charge in [0.1, 0.15) is 11.6 Å². The fourth-order valence-electron chi connectivity index (χ4n) is 2.48. The molecule has 100 valence electrons. The van der Waals surface area contributed by atoms with Gasteiger partial charge in [0.15, 0.2) is 0 Å². The fraction of sp³-hybridized carbons (Fsp3) is 0.538. The molecule has 0 radical (unpaired) electrons. The van der Waals surface area contributed by atoms with Gasteiger partial charge in [-0.3, -0.25) is 4.90 Å². The Morgan fingerprint density at radius 1 is 1.44 bits per heavy atom. The number of nitrogens with zero attached hydrogens (tertiary/aromatic N) is 1. The predicted octanol–water partition coefficient (Wildman–Crippen LogP) is 1.69. The predicted molar refractivity (Wildman–Crippen MR) is 65.1 cm³/mol. The maximum Gasteiger partial charge on any atom is 0.128 e. The normalized spacial score (nSPS) is 25.3. The SMILES string of the molecule is CCN1CCOC(CN)C1c1cc(F)ccc1F. The Kier molecular flexibility index (Phi) is 4.27. The quantitative estimate of drug-likeness (QED) is 0.894. The Labute approximate surface area is 106 Å². The van der Waals surface area contributed by atoms with E-state index in [1.165, 1.54) is 6.07 Å². The zero-order valence-corrected chi connectivity index (χ0v) is 10.4. The molecule has 0 spiro atoms. The fourth-order valence-corrected chi connectivity index (χ4v) is 2.48. The Hall–Kier alpha value is -1.04. The second-order valence-corrected chi connectivity index (χ2v) is 4.38. The zero-order valence-electron chi connectivity index (χ0n) is 10.4. The van der Waals surface area contributed by atoms with Crippen molar-refractivity contribution in [3.63, 3.8) is 0 Å². The number of nitrogens with two attached hydrogens (primary N) is 1. The number of rotatable bonds is 3. The molecule has 1 saturated heterocycles. The minimum absolute atomic E-state index is 0.289. The number of benzene rings is 1. The average Bonchev–Trinajstić information content (AvgIpc) is 2.40. The lowest BCUT2D eigenvalue weighted by atomic mass is 9.97. The van der Waals surface area contributed by atoms with Gasteiger partial charge in [-0.15, -0.1) is 0 Å². The van der Waals surface area contributed by atoms with Gasteiger partial charge in [-0.2, -0.15) is 0 Å². The minimum Gasteiger partial charge on any atom is -0.374 e. The van der Waals surface area contributed by atoms with Gasteiger partial charge in [-0.1, -0.05) is 6.92 Å². The molecule has 0 aromatic heterocycles. The molecule has 5 heteroatoms. The Morgan fingerprint density at radius 3 is 2.89 bits per heavy atom. The molecule has 0 aliphatic carbocycles. The average molecular weight is 256 g/mol.